The summed E-state index contributed by atoms with van der Waals surface area (Å²) in [5.41, 5.74) is 1.35. The van der Waals surface area contributed by atoms with Crippen LogP contribution in [0.5, 0.6) is 0 Å². The van der Waals surface area contributed by atoms with Crippen molar-refractivity contribution in [2.45, 2.75) is 113 Å². The van der Waals surface area contributed by atoms with Gasteiger partial charge in [0.15, 0.2) is 22.4 Å². The maximum atomic E-state index is 14.2. The van der Waals surface area contributed by atoms with Crippen molar-refractivity contribution in [1.29, 1.82) is 0 Å². The Morgan fingerprint density at radius 2 is 1.46 bits per heavy atom. The molecule has 0 amide bonds. The van der Waals surface area contributed by atoms with Crippen LogP contribution >= 0.6 is 15.9 Å². The van der Waals surface area contributed by atoms with E-state index in [2.05, 4.69) is 102 Å². The zero-order chi connectivity index (χ0) is 27.5. The van der Waals surface area contributed by atoms with E-state index in [9.17, 15) is 4.79 Å². The number of carbonyl (C=O) groups is 1. The lowest BCUT2D eigenvalue weighted by atomic mass is 9.66. The predicted octanol–water partition coefficient (Wildman–Crippen LogP) is 7.51. The largest absolute Gasteiger partial charge is 0.413 e. The van der Waals surface area contributed by atoms with E-state index in [1.165, 1.54) is 5.57 Å². The van der Waals surface area contributed by atoms with Gasteiger partial charge in [0.1, 0.15) is 4.32 Å². The fourth-order valence-electron chi connectivity index (χ4n) is 7.69. The maximum Gasteiger partial charge on any atom is 0.192 e. The smallest absolute Gasteiger partial charge is 0.192 e. The van der Waals surface area contributed by atoms with Gasteiger partial charge in [-0.15, -0.1) is 0 Å². The highest BCUT2D eigenvalue weighted by molar-refractivity contribution is 9.10. The SMILES string of the molecule is CO[C@H]1C=C2[C@H]([C@H]3[C@H]4[C@@H](C(=O)[C@]31Br)[C@H]1C=C[C@@H]4C1)[C@H](O[Si](C)(C)C(C)(C)C)C[C@@H]2O[Si](C)(C)C(C)(C)C. The molecule has 0 radical (unpaired) electrons. The number of Topliss-reactive ketones (excluding diaryl/α,β-unsaturated/α-hetero) is 1. The van der Waals surface area contributed by atoms with Gasteiger partial charge in [-0.05, 0) is 71.9 Å². The summed E-state index contributed by atoms with van der Waals surface area (Å²) in [4.78, 5) is 14.2. The number of ketones is 1. The molecule has 0 unspecified atom stereocenters. The summed E-state index contributed by atoms with van der Waals surface area (Å²) in [6.45, 7) is 23.3. The van der Waals surface area contributed by atoms with E-state index in [1.54, 1.807) is 7.11 Å². The number of allylic oxidation sites excluding steroid dienone is 2. The van der Waals surface area contributed by atoms with Gasteiger partial charge >= 0.3 is 0 Å². The summed E-state index contributed by atoms with van der Waals surface area (Å²) < 4.78 is 19.9. The minimum absolute atomic E-state index is 0.0265. The van der Waals surface area contributed by atoms with Gasteiger partial charge in [-0.3, -0.25) is 4.79 Å². The molecule has 5 aliphatic rings. The number of methoxy groups -OCH3 is 1. The van der Waals surface area contributed by atoms with Crippen molar-refractivity contribution in [3.05, 3.63) is 23.8 Å². The van der Waals surface area contributed by atoms with Gasteiger partial charge in [-0.25, -0.2) is 0 Å². The first-order valence-electron chi connectivity index (χ1n) is 14.4. The molecule has 5 rings (SSSR count). The number of rotatable bonds is 5. The fraction of sp³-hybridized carbons (Fsp3) is 0.833. The van der Waals surface area contributed by atoms with Gasteiger partial charge in [-0.1, -0.05) is 75.7 Å². The van der Waals surface area contributed by atoms with Crippen LogP contribution in [0.15, 0.2) is 23.8 Å². The number of alkyl halides is 1. The minimum Gasteiger partial charge on any atom is -0.413 e. The lowest BCUT2D eigenvalue weighted by Crippen LogP contribution is -2.55. The molecule has 0 heterocycles. The Labute approximate surface area is 235 Å². The van der Waals surface area contributed by atoms with Crippen LogP contribution in [0.25, 0.3) is 0 Å². The van der Waals surface area contributed by atoms with E-state index in [0.717, 1.165) is 12.8 Å². The van der Waals surface area contributed by atoms with Crippen molar-refractivity contribution < 1.29 is 18.4 Å². The molecular weight excluding hydrogens is 560 g/mol. The fourth-order valence-corrected chi connectivity index (χ4v) is 11.5. The summed E-state index contributed by atoms with van der Waals surface area (Å²) >= 11 is 4.13. The molecule has 0 N–H and O–H groups in total. The topological polar surface area (TPSA) is 44.8 Å². The van der Waals surface area contributed by atoms with Gasteiger partial charge in [-0.2, -0.15) is 0 Å². The molecular formula is C30H49BrO4Si2. The second-order valence-corrected chi connectivity index (χ2v) is 26.4. The Bertz CT molecular complexity index is 1020. The lowest BCUT2D eigenvalue weighted by Gasteiger charge is -2.48. The van der Waals surface area contributed by atoms with Gasteiger partial charge in [0.2, 0.25) is 0 Å². The monoisotopic (exact) mass is 608 g/mol. The van der Waals surface area contributed by atoms with Crippen LogP contribution in [-0.2, 0) is 18.4 Å². The van der Waals surface area contributed by atoms with Crippen molar-refractivity contribution >= 4 is 38.3 Å². The molecule has 0 aromatic heterocycles. The normalized spacial score (nSPS) is 43.2. The first kappa shape index (κ1) is 28.5. The van der Waals surface area contributed by atoms with E-state index < -0.39 is 21.0 Å². The molecule has 3 saturated carbocycles. The molecule has 0 saturated heterocycles. The average Bonchev–Trinajstić information content (AvgIpc) is 3.48. The number of halogens is 1. The molecule has 2 bridgehead atoms. The van der Waals surface area contributed by atoms with Crippen LogP contribution in [0, 0.1) is 35.5 Å². The minimum atomic E-state index is -2.05. The summed E-state index contributed by atoms with van der Waals surface area (Å²) in [6, 6.07) is 0. The molecule has 10 atom stereocenters. The first-order chi connectivity index (χ1) is 16.8. The Kier molecular flexibility index (Phi) is 6.71. The van der Waals surface area contributed by atoms with Crippen LogP contribution in [0.4, 0.5) is 0 Å². The third-order valence-corrected chi connectivity index (χ3v) is 22.0. The summed E-state index contributed by atoms with van der Waals surface area (Å²) in [6.07, 6.45) is 8.81. The van der Waals surface area contributed by atoms with Crippen LogP contribution < -0.4 is 0 Å². The number of hydrogen-bond acceptors (Lipinski definition) is 4. The van der Waals surface area contributed by atoms with Crippen LogP contribution in [0.3, 0.4) is 0 Å². The van der Waals surface area contributed by atoms with Gasteiger partial charge in [0, 0.05) is 25.4 Å². The molecule has 0 spiro atoms. The predicted molar refractivity (Wildman–Crippen MR) is 159 cm³/mol. The van der Waals surface area contributed by atoms with Crippen LogP contribution in [0.1, 0.15) is 54.4 Å². The summed E-state index contributed by atoms with van der Waals surface area (Å²) in [5, 5.41) is 0.243. The lowest BCUT2D eigenvalue weighted by molar-refractivity contribution is -0.126. The second kappa shape index (κ2) is 8.72. The van der Waals surface area contributed by atoms with Crippen molar-refractivity contribution in [3.8, 4) is 0 Å². The van der Waals surface area contributed by atoms with Crippen LogP contribution in [-0.4, -0.2) is 52.2 Å². The summed E-state index contributed by atoms with van der Waals surface area (Å²) in [7, 11) is -2.31. The second-order valence-electron chi connectivity index (χ2n) is 15.6. The zero-order valence-corrected chi connectivity index (χ0v) is 28.4. The molecule has 5 aliphatic carbocycles. The molecule has 0 aromatic rings. The van der Waals surface area contributed by atoms with E-state index in [0.29, 0.717) is 23.5 Å². The molecule has 7 heteroatoms. The molecule has 4 nitrogen and oxygen atoms in total. The average molecular weight is 610 g/mol. The highest BCUT2D eigenvalue weighted by atomic mass is 79.9. The third-order valence-electron chi connectivity index (χ3n) is 11.6. The number of hydrogen-bond donors (Lipinski definition) is 0. The standard InChI is InChI=1S/C30H49BrO4Si2/c1-28(2,3)36(8,9)34-20-16-21(35-37(10,11)29(4,5)6)25-19(20)15-22(33-7)30(31)26(25)23-17-12-13-18(14-17)24(23)27(30)32/h12-13,15,17-18,20-26H,14,16H2,1-11H3/t17-,18+,20+,21-,22+,23-,24+,25+,26-,30-/m1/s1. The van der Waals surface area contributed by atoms with Crippen molar-refractivity contribution in [2.75, 3.05) is 7.11 Å². The zero-order valence-electron chi connectivity index (χ0n) is 24.9. The van der Waals surface area contributed by atoms with E-state index in [4.69, 9.17) is 13.6 Å². The summed E-state index contributed by atoms with van der Waals surface area (Å²) in [5.74, 6) is 2.02. The van der Waals surface area contributed by atoms with Gasteiger partial charge in [0.25, 0.3) is 0 Å². The Balaban J connectivity index is 1.62. The molecule has 208 valence electrons. The number of ether oxygens (including phenoxy) is 1. The van der Waals surface area contributed by atoms with Crippen molar-refractivity contribution in [1.82, 2.24) is 0 Å². The number of carbonyl (C=O) groups excluding carboxylic acids is 1. The number of fused-ring (bicyclic) bond motifs is 9. The van der Waals surface area contributed by atoms with Gasteiger partial charge in [0.05, 0.1) is 18.3 Å². The molecule has 0 aromatic carbocycles. The van der Waals surface area contributed by atoms with E-state index in [1.807, 2.05) is 0 Å². The Morgan fingerprint density at radius 3 is 2.03 bits per heavy atom. The maximum absolute atomic E-state index is 14.2. The van der Waals surface area contributed by atoms with Crippen molar-refractivity contribution in [2.24, 2.45) is 35.5 Å². The van der Waals surface area contributed by atoms with Gasteiger partial charge < -0.3 is 13.6 Å². The molecule has 0 aliphatic heterocycles. The molecule has 37 heavy (non-hydrogen) atoms. The highest BCUT2D eigenvalue weighted by Crippen LogP contribution is 2.68. The highest BCUT2D eigenvalue weighted by Gasteiger charge is 2.73. The Morgan fingerprint density at radius 1 is 0.892 bits per heavy atom. The van der Waals surface area contributed by atoms with E-state index in [-0.39, 0.29) is 46.1 Å². The quantitative estimate of drug-likeness (QED) is 0.184. The van der Waals surface area contributed by atoms with Crippen molar-refractivity contribution in [3.63, 3.8) is 0 Å². The molecule has 3 fully saturated rings. The first-order valence-corrected chi connectivity index (χ1v) is 21.0. The van der Waals surface area contributed by atoms with E-state index >= 15 is 0 Å². The van der Waals surface area contributed by atoms with Crippen LogP contribution in [0.2, 0.25) is 36.3 Å². The third kappa shape index (κ3) is 4.06. The Hall–Kier alpha value is -0.0562.